The molecule has 0 radical (unpaired) electrons. The first-order valence-corrected chi connectivity index (χ1v) is 11.9. The van der Waals surface area contributed by atoms with Crippen molar-refractivity contribution >= 4 is 55.5 Å². The van der Waals surface area contributed by atoms with Crippen LogP contribution in [0.5, 0.6) is 5.75 Å². The van der Waals surface area contributed by atoms with E-state index in [1.165, 1.54) is 19.2 Å². The molecule has 0 saturated carbocycles. The molecule has 2 N–H and O–H groups in total. The number of nitrogens with zero attached hydrogens (tertiary/aromatic N) is 1. The van der Waals surface area contributed by atoms with E-state index in [1.807, 2.05) is 0 Å². The summed E-state index contributed by atoms with van der Waals surface area (Å²) in [5, 5.41) is 7.98. The smallest absolute Gasteiger partial charge is 0.321 e. The number of carbonyl (C=O) groups is 1. The molecule has 1 heterocycles. The highest BCUT2D eigenvalue weighted by molar-refractivity contribution is 7.90. The van der Waals surface area contributed by atoms with Crippen molar-refractivity contribution in [1.82, 2.24) is 10.3 Å². The highest BCUT2D eigenvalue weighted by Crippen LogP contribution is 2.23. The molecule has 0 spiro atoms. The Hall–Kier alpha value is -2.33. The molecule has 0 atom stereocenters. The van der Waals surface area contributed by atoms with Crippen LogP contribution in [0.1, 0.15) is 11.3 Å². The van der Waals surface area contributed by atoms with Crippen molar-refractivity contribution in [2.45, 2.75) is 17.2 Å². The molecule has 3 aromatic rings. The number of rotatable bonds is 7. The van der Waals surface area contributed by atoms with Crippen LogP contribution in [0, 0.1) is 0 Å². The van der Waals surface area contributed by atoms with Gasteiger partial charge in [-0.3, -0.25) is 5.32 Å². The highest BCUT2D eigenvalue weighted by Gasteiger charge is 2.18. The summed E-state index contributed by atoms with van der Waals surface area (Å²) in [7, 11) is -2.06. The molecule has 2 aromatic carbocycles. The zero-order valence-corrected chi connectivity index (χ0v) is 18.8. The van der Waals surface area contributed by atoms with Crippen LogP contribution in [0.4, 0.5) is 9.93 Å². The topological polar surface area (TPSA) is 97.4 Å². The lowest BCUT2D eigenvalue weighted by Crippen LogP contribution is -2.28. The van der Waals surface area contributed by atoms with Gasteiger partial charge >= 0.3 is 6.03 Å². The summed E-state index contributed by atoms with van der Waals surface area (Å²) in [6, 6.07) is 10.7. The Kier molecular flexibility index (Phi) is 7.19. The molecular weight excluding hydrogens is 469 g/mol. The number of benzene rings is 2. The SMILES string of the molecule is COc1ccc(S(=O)(=O)Cc2csc(NC(=O)NCc3ccc(Cl)c(Cl)c3)n2)cc1. The molecule has 1 aromatic heterocycles. The summed E-state index contributed by atoms with van der Waals surface area (Å²) in [4.78, 5) is 16.4. The second kappa shape index (κ2) is 9.65. The number of anilines is 1. The number of nitrogens with one attached hydrogen (secondary N) is 2. The zero-order chi connectivity index (χ0) is 21.7. The third kappa shape index (κ3) is 5.85. The number of sulfone groups is 1. The average Bonchev–Trinajstić information content (AvgIpc) is 3.14. The predicted octanol–water partition coefficient (Wildman–Crippen LogP) is 4.75. The molecule has 3 rings (SSSR count). The Bertz CT molecular complexity index is 1150. The van der Waals surface area contributed by atoms with Crippen molar-refractivity contribution in [3.63, 3.8) is 0 Å². The van der Waals surface area contributed by atoms with E-state index in [4.69, 9.17) is 27.9 Å². The minimum Gasteiger partial charge on any atom is -0.497 e. The van der Waals surface area contributed by atoms with E-state index in [1.54, 1.807) is 35.7 Å². The van der Waals surface area contributed by atoms with Gasteiger partial charge in [0.15, 0.2) is 15.0 Å². The Morgan fingerprint density at radius 3 is 2.53 bits per heavy atom. The fourth-order valence-corrected chi connectivity index (χ4v) is 4.85. The molecule has 7 nitrogen and oxygen atoms in total. The van der Waals surface area contributed by atoms with E-state index in [0.717, 1.165) is 16.9 Å². The van der Waals surface area contributed by atoms with Gasteiger partial charge < -0.3 is 10.1 Å². The maximum Gasteiger partial charge on any atom is 0.321 e. The number of halogens is 2. The Morgan fingerprint density at radius 2 is 1.87 bits per heavy atom. The van der Waals surface area contributed by atoms with E-state index in [2.05, 4.69) is 15.6 Å². The second-order valence-electron chi connectivity index (χ2n) is 6.13. The van der Waals surface area contributed by atoms with Gasteiger partial charge in [0, 0.05) is 11.9 Å². The summed E-state index contributed by atoms with van der Waals surface area (Å²) in [6.07, 6.45) is 0. The molecule has 30 heavy (non-hydrogen) atoms. The zero-order valence-electron chi connectivity index (χ0n) is 15.7. The standard InChI is InChI=1S/C19H17Cl2N3O4S2/c1-28-14-3-5-15(6-4-14)30(26,27)11-13-10-29-19(23-13)24-18(25)22-9-12-2-7-16(20)17(21)8-12/h2-8,10H,9,11H2,1H3,(H2,22,23,24,25). The van der Waals surface area contributed by atoms with Gasteiger partial charge in [-0.05, 0) is 42.0 Å². The van der Waals surface area contributed by atoms with E-state index in [0.29, 0.717) is 26.6 Å². The van der Waals surface area contributed by atoms with E-state index in [-0.39, 0.29) is 17.2 Å². The highest BCUT2D eigenvalue weighted by atomic mass is 35.5. The lowest BCUT2D eigenvalue weighted by Gasteiger charge is -2.06. The van der Waals surface area contributed by atoms with Gasteiger partial charge in [-0.15, -0.1) is 11.3 Å². The summed E-state index contributed by atoms with van der Waals surface area (Å²) >= 11 is 13.0. The van der Waals surface area contributed by atoms with Gasteiger partial charge in [0.1, 0.15) is 5.75 Å². The summed E-state index contributed by atoms with van der Waals surface area (Å²) < 4.78 is 30.1. The monoisotopic (exact) mass is 485 g/mol. The molecule has 2 amide bonds. The molecule has 158 valence electrons. The summed E-state index contributed by atoms with van der Waals surface area (Å²) in [6.45, 7) is 0.243. The lowest BCUT2D eigenvalue weighted by molar-refractivity contribution is 0.251. The Morgan fingerprint density at radius 1 is 1.13 bits per heavy atom. The molecule has 11 heteroatoms. The van der Waals surface area contributed by atoms with Crippen molar-refractivity contribution in [2.75, 3.05) is 12.4 Å². The largest absolute Gasteiger partial charge is 0.497 e. The quantitative estimate of drug-likeness (QED) is 0.502. The molecule has 0 saturated heterocycles. The van der Waals surface area contributed by atoms with Crippen LogP contribution < -0.4 is 15.4 Å². The maximum absolute atomic E-state index is 12.5. The van der Waals surface area contributed by atoms with Crippen molar-refractivity contribution in [3.05, 3.63) is 69.1 Å². The van der Waals surface area contributed by atoms with Crippen LogP contribution in [0.3, 0.4) is 0 Å². The van der Waals surface area contributed by atoms with Crippen molar-refractivity contribution in [3.8, 4) is 5.75 Å². The number of hydrogen-bond acceptors (Lipinski definition) is 6. The fourth-order valence-electron chi connectivity index (χ4n) is 2.47. The first-order valence-electron chi connectivity index (χ1n) is 8.57. The Labute approximate surface area is 187 Å². The van der Waals surface area contributed by atoms with Crippen LogP contribution in [0.25, 0.3) is 0 Å². The van der Waals surface area contributed by atoms with E-state index < -0.39 is 15.9 Å². The number of carbonyl (C=O) groups excluding carboxylic acids is 1. The predicted molar refractivity (Wildman–Crippen MR) is 118 cm³/mol. The van der Waals surface area contributed by atoms with Gasteiger partial charge in [0.25, 0.3) is 0 Å². The number of aromatic nitrogens is 1. The number of methoxy groups -OCH3 is 1. The Balaban J connectivity index is 1.57. The first kappa shape index (κ1) is 22.4. The minimum absolute atomic E-state index is 0.171. The molecule has 0 aliphatic rings. The van der Waals surface area contributed by atoms with Crippen molar-refractivity contribution in [1.29, 1.82) is 0 Å². The molecule has 0 bridgehead atoms. The first-order chi connectivity index (χ1) is 14.3. The summed E-state index contributed by atoms with van der Waals surface area (Å²) in [5.41, 5.74) is 1.13. The number of ether oxygens (including phenoxy) is 1. The average molecular weight is 486 g/mol. The van der Waals surface area contributed by atoms with Gasteiger partial charge in [0.05, 0.1) is 33.5 Å². The van der Waals surface area contributed by atoms with Crippen LogP contribution >= 0.6 is 34.5 Å². The third-order valence-electron chi connectivity index (χ3n) is 3.97. The van der Waals surface area contributed by atoms with Crippen molar-refractivity contribution < 1.29 is 17.9 Å². The van der Waals surface area contributed by atoms with Crippen LogP contribution in [-0.2, 0) is 22.1 Å². The second-order valence-corrected chi connectivity index (χ2v) is 9.80. The number of thiazole rings is 1. The number of amides is 2. The van der Waals surface area contributed by atoms with E-state index in [9.17, 15) is 13.2 Å². The number of urea groups is 1. The van der Waals surface area contributed by atoms with Crippen LogP contribution in [0.15, 0.2) is 52.7 Å². The fraction of sp³-hybridized carbons (Fsp3) is 0.158. The molecule has 0 aliphatic carbocycles. The number of hydrogen-bond donors (Lipinski definition) is 2. The lowest BCUT2D eigenvalue weighted by atomic mass is 10.2. The van der Waals surface area contributed by atoms with Gasteiger partial charge in [-0.25, -0.2) is 18.2 Å². The minimum atomic E-state index is -3.57. The van der Waals surface area contributed by atoms with Crippen molar-refractivity contribution in [2.24, 2.45) is 0 Å². The van der Waals surface area contributed by atoms with Gasteiger partial charge in [-0.1, -0.05) is 29.3 Å². The van der Waals surface area contributed by atoms with Crippen LogP contribution in [-0.4, -0.2) is 26.5 Å². The van der Waals surface area contributed by atoms with Gasteiger partial charge in [0.2, 0.25) is 0 Å². The molecule has 0 fully saturated rings. The summed E-state index contributed by atoms with van der Waals surface area (Å²) in [5.74, 6) is 0.295. The maximum atomic E-state index is 12.5. The molecule has 0 aliphatic heterocycles. The normalized spacial score (nSPS) is 11.2. The van der Waals surface area contributed by atoms with Crippen LogP contribution in [0.2, 0.25) is 10.0 Å². The third-order valence-corrected chi connectivity index (χ3v) is 7.18. The van der Waals surface area contributed by atoms with Gasteiger partial charge in [-0.2, -0.15) is 0 Å². The molecule has 0 unspecified atom stereocenters. The molecular formula is C19H17Cl2N3O4S2. The van der Waals surface area contributed by atoms with E-state index >= 15 is 0 Å².